The number of sulfone groups is 1. The van der Waals surface area contributed by atoms with Gasteiger partial charge in [-0.05, 0) is 30.7 Å². The maximum Gasteiger partial charge on any atom is 0.151 e. The average molecular weight is 440 g/mol. The number of hydrogen-bond acceptors (Lipinski definition) is 6. The van der Waals surface area contributed by atoms with Crippen LogP contribution in [0.4, 0.5) is 5.82 Å². The first-order valence-electron chi connectivity index (χ1n) is 10.1. The molecule has 3 rings (SSSR count). The third-order valence-electron chi connectivity index (χ3n) is 5.11. The summed E-state index contributed by atoms with van der Waals surface area (Å²) in [7, 11) is -4.31. The lowest BCUT2D eigenvalue weighted by atomic mass is 10.2. The molecule has 0 spiro atoms. The largest absolute Gasteiger partial charge is 0.377 e. The van der Waals surface area contributed by atoms with Crippen LogP contribution in [0.5, 0.6) is 0 Å². The van der Waals surface area contributed by atoms with E-state index >= 15 is 0 Å². The molecular weight excluding hydrogens is 406 g/mol. The van der Waals surface area contributed by atoms with E-state index in [0.717, 1.165) is 41.6 Å². The molecule has 1 aliphatic rings. The zero-order valence-electron chi connectivity index (χ0n) is 18.1. The molecule has 1 atom stereocenters. The number of ether oxygens (including phenoxy) is 2. The van der Waals surface area contributed by atoms with Gasteiger partial charge in [-0.3, -0.25) is 0 Å². The van der Waals surface area contributed by atoms with E-state index in [4.69, 9.17) is 14.5 Å². The number of nitrogens with zero attached hydrogens (tertiary/aromatic N) is 3. The fraction of sp³-hybridized carbons (Fsp3) is 0.650. The third-order valence-corrected chi connectivity index (χ3v) is 7.65. The van der Waals surface area contributed by atoms with Gasteiger partial charge in [-0.25, -0.2) is 13.4 Å². The van der Waals surface area contributed by atoms with Crippen molar-refractivity contribution in [2.24, 2.45) is 0 Å². The van der Waals surface area contributed by atoms with Gasteiger partial charge in [0.1, 0.15) is 18.2 Å². The van der Waals surface area contributed by atoms with Gasteiger partial charge in [0.15, 0.2) is 9.84 Å². The van der Waals surface area contributed by atoms with E-state index in [0.29, 0.717) is 19.9 Å². The normalized spacial score (nSPS) is 18.5. The first kappa shape index (κ1) is 22.3. The molecule has 0 radical (unpaired) electrons. The van der Waals surface area contributed by atoms with E-state index in [-0.39, 0.29) is 11.8 Å². The average Bonchev–Trinajstić information content (AvgIpc) is 3.00. The molecule has 0 saturated carbocycles. The predicted octanol–water partition coefficient (Wildman–Crippen LogP) is 3.12. The summed E-state index contributed by atoms with van der Waals surface area (Å²) in [5.74, 6) is 0.798. The smallest absolute Gasteiger partial charge is 0.151 e. The van der Waals surface area contributed by atoms with Gasteiger partial charge in [-0.1, -0.05) is 19.6 Å². The molecule has 0 N–H and O–H groups in total. The van der Waals surface area contributed by atoms with Crippen LogP contribution < -0.4 is 4.90 Å². The van der Waals surface area contributed by atoms with Crippen molar-refractivity contribution in [3.05, 3.63) is 23.9 Å². The Morgan fingerprint density at radius 1 is 1.34 bits per heavy atom. The summed E-state index contributed by atoms with van der Waals surface area (Å²) < 4.78 is 37.5. The quantitative estimate of drug-likeness (QED) is 0.465. The summed E-state index contributed by atoms with van der Waals surface area (Å²) in [6.45, 7) is 12.3. The monoisotopic (exact) mass is 439 g/mol. The lowest BCUT2D eigenvalue weighted by Gasteiger charge is -2.34. The standard InChI is InChI=1S/C20H33N3O4SSi/c1-16-13-26-9-8-23(16)19-12-17(14-28(2,24)25)18-6-7-22(20(18)21-19)15-27-10-11-29(3,4)5/h6-7,12,16H,8-11,13-15H2,1-5H3. The minimum absolute atomic E-state index is 0.00175. The second-order valence-electron chi connectivity index (χ2n) is 9.20. The zero-order chi connectivity index (χ0) is 21.2. The molecule has 0 aromatic carbocycles. The van der Waals surface area contributed by atoms with Crippen LogP contribution >= 0.6 is 0 Å². The summed E-state index contributed by atoms with van der Waals surface area (Å²) in [4.78, 5) is 7.09. The van der Waals surface area contributed by atoms with Crippen LogP contribution in [0.2, 0.25) is 25.7 Å². The van der Waals surface area contributed by atoms with Gasteiger partial charge < -0.3 is 18.9 Å². The Morgan fingerprint density at radius 3 is 2.76 bits per heavy atom. The minimum atomic E-state index is -3.16. The van der Waals surface area contributed by atoms with Gasteiger partial charge in [-0.2, -0.15) is 0 Å². The molecule has 0 amide bonds. The second-order valence-corrected chi connectivity index (χ2v) is 17.0. The summed E-state index contributed by atoms with van der Waals surface area (Å²) in [6.07, 6.45) is 3.21. The van der Waals surface area contributed by atoms with Crippen LogP contribution in [0.1, 0.15) is 12.5 Å². The number of rotatable bonds is 8. The fourth-order valence-corrected chi connectivity index (χ4v) is 5.04. The molecule has 162 valence electrons. The van der Waals surface area contributed by atoms with Crippen molar-refractivity contribution in [1.29, 1.82) is 0 Å². The molecule has 1 aliphatic heterocycles. The van der Waals surface area contributed by atoms with Gasteiger partial charge in [0, 0.05) is 39.1 Å². The molecule has 1 unspecified atom stereocenters. The van der Waals surface area contributed by atoms with Crippen LogP contribution in [0, 0.1) is 0 Å². The first-order chi connectivity index (χ1) is 13.5. The van der Waals surface area contributed by atoms with Crippen LogP contribution in [0.15, 0.2) is 18.3 Å². The highest BCUT2D eigenvalue weighted by Gasteiger charge is 2.23. The summed E-state index contributed by atoms with van der Waals surface area (Å²) in [5.41, 5.74) is 1.56. The topological polar surface area (TPSA) is 73.7 Å². The number of anilines is 1. The van der Waals surface area contributed by atoms with Crippen molar-refractivity contribution in [3.8, 4) is 0 Å². The Bertz CT molecular complexity index is 953. The van der Waals surface area contributed by atoms with E-state index < -0.39 is 17.9 Å². The van der Waals surface area contributed by atoms with E-state index in [1.807, 2.05) is 22.9 Å². The molecule has 1 fully saturated rings. The SMILES string of the molecule is CC1COCCN1c1cc(CS(C)(=O)=O)c2ccn(COCC[Si](C)(C)C)c2n1. The highest BCUT2D eigenvalue weighted by atomic mass is 32.2. The van der Waals surface area contributed by atoms with Gasteiger partial charge >= 0.3 is 0 Å². The highest BCUT2D eigenvalue weighted by molar-refractivity contribution is 7.89. The molecule has 9 heteroatoms. The maximum atomic E-state index is 12.0. The lowest BCUT2D eigenvalue weighted by Crippen LogP contribution is -2.44. The van der Waals surface area contributed by atoms with Gasteiger partial charge in [0.2, 0.25) is 0 Å². The Labute approximate surface area is 174 Å². The van der Waals surface area contributed by atoms with Gasteiger partial charge in [0.25, 0.3) is 0 Å². The second kappa shape index (κ2) is 8.75. The van der Waals surface area contributed by atoms with E-state index in [1.165, 1.54) is 6.26 Å². The first-order valence-corrected chi connectivity index (χ1v) is 15.9. The van der Waals surface area contributed by atoms with Crippen molar-refractivity contribution in [1.82, 2.24) is 9.55 Å². The summed E-state index contributed by atoms with van der Waals surface area (Å²) in [6, 6.07) is 5.16. The van der Waals surface area contributed by atoms with Crippen molar-refractivity contribution in [2.45, 2.75) is 51.1 Å². The number of aromatic nitrogens is 2. The number of morpholine rings is 1. The number of fused-ring (bicyclic) bond motifs is 1. The van der Waals surface area contributed by atoms with E-state index in [9.17, 15) is 8.42 Å². The number of hydrogen-bond donors (Lipinski definition) is 0. The van der Waals surface area contributed by atoms with E-state index in [1.54, 1.807) is 0 Å². The lowest BCUT2D eigenvalue weighted by molar-refractivity contribution is 0.0898. The fourth-order valence-electron chi connectivity index (χ4n) is 3.48. The van der Waals surface area contributed by atoms with Crippen LogP contribution in [0.3, 0.4) is 0 Å². The molecule has 2 aromatic rings. The number of pyridine rings is 1. The predicted molar refractivity (Wildman–Crippen MR) is 120 cm³/mol. The molecule has 3 heterocycles. The van der Waals surface area contributed by atoms with Crippen LogP contribution in [-0.2, 0) is 31.8 Å². The zero-order valence-corrected chi connectivity index (χ0v) is 20.0. The van der Waals surface area contributed by atoms with Crippen LogP contribution in [0.25, 0.3) is 11.0 Å². The Morgan fingerprint density at radius 2 is 2.10 bits per heavy atom. The Hall–Kier alpha value is -1.42. The maximum absolute atomic E-state index is 12.0. The highest BCUT2D eigenvalue weighted by Crippen LogP contribution is 2.27. The molecule has 0 bridgehead atoms. The Kier molecular flexibility index (Phi) is 6.72. The molecule has 29 heavy (non-hydrogen) atoms. The van der Waals surface area contributed by atoms with Crippen LogP contribution in [-0.4, -0.2) is 64.7 Å². The Balaban J connectivity index is 1.93. The van der Waals surface area contributed by atoms with Crippen molar-refractivity contribution < 1.29 is 17.9 Å². The van der Waals surface area contributed by atoms with Crippen molar-refractivity contribution in [3.63, 3.8) is 0 Å². The van der Waals surface area contributed by atoms with Crippen molar-refractivity contribution >= 4 is 34.8 Å². The molecule has 2 aromatic heterocycles. The summed E-state index contributed by atoms with van der Waals surface area (Å²) in [5, 5.41) is 0.869. The minimum Gasteiger partial charge on any atom is -0.377 e. The summed E-state index contributed by atoms with van der Waals surface area (Å²) >= 11 is 0. The van der Waals surface area contributed by atoms with Crippen molar-refractivity contribution in [2.75, 3.05) is 37.5 Å². The molecule has 7 nitrogen and oxygen atoms in total. The molecule has 0 aliphatic carbocycles. The van der Waals surface area contributed by atoms with E-state index in [2.05, 4.69) is 31.5 Å². The third kappa shape index (κ3) is 6.03. The molecule has 1 saturated heterocycles. The van der Waals surface area contributed by atoms with Gasteiger partial charge in [-0.15, -0.1) is 0 Å². The molecular formula is C20H33N3O4SSi. The van der Waals surface area contributed by atoms with Gasteiger partial charge in [0.05, 0.1) is 25.0 Å².